The normalized spacial score (nSPS) is 14.6. The van der Waals surface area contributed by atoms with Gasteiger partial charge >= 0.3 is 0 Å². The summed E-state index contributed by atoms with van der Waals surface area (Å²) in [7, 11) is 3.21. The molecule has 0 radical (unpaired) electrons. The van der Waals surface area contributed by atoms with Crippen molar-refractivity contribution in [2.24, 2.45) is 0 Å². The lowest BCUT2D eigenvalue weighted by molar-refractivity contribution is 0.128. The molecule has 2 rings (SSSR count). The van der Waals surface area contributed by atoms with Crippen LogP contribution in [0.2, 0.25) is 0 Å². The Kier molecular flexibility index (Phi) is 6.79. The molecule has 3 unspecified atom stereocenters. The standard InChI is InChI=1S/C20H26FNO3/c1-5-17(15-8-11-18(24-3)19(12-15)25-4)22-13(2)20(23)14-6-9-16(21)10-7-14/h6-13,17,20,22-23H,5H2,1-4H3. The maximum atomic E-state index is 13.1. The van der Waals surface area contributed by atoms with Crippen LogP contribution in [0.3, 0.4) is 0 Å². The first-order valence-corrected chi connectivity index (χ1v) is 8.41. The third-order valence-corrected chi connectivity index (χ3v) is 4.37. The van der Waals surface area contributed by atoms with Crippen molar-refractivity contribution in [3.8, 4) is 11.5 Å². The molecule has 136 valence electrons. The highest BCUT2D eigenvalue weighted by molar-refractivity contribution is 5.43. The van der Waals surface area contributed by atoms with Crippen molar-refractivity contribution in [3.05, 3.63) is 59.4 Å². The Bertz CT molecular complexity index is 675. The van der Waals surface area contributed by atoms with Crippen molar-refractivity contribution in [1.29, 1.82) is 0 Å². The molecule has 0 aliphatic carbocycles. The molecule has 2 N–H and O–H groups in total. The number of rotatable bonds is 8. The Morgan fingerprint density at radius 1 is 1.00 bits per heavy atom. The Hall–Kier alpha value is -2.11. The zero-order valence-electron chi connectivity index (χ0n) is 15.1. The van der Waals surface area contributed by atoms with Gasteiger partial charge in [-0.05, 0) is 48.7 Å². The van der Waals surface area contributed by atoms with E-state index in [0.29, 0.717) is 17.1 Å². The molecule has 0 saturated carbocycles. The lowest BCUT2D eigenvalue weighted by Gasteiger charge is -2.27. The first-order chi connectivity index (χ1) is 12.0. The van der Waals surface area contributed by atoms with Gasteiger partial charge in [0.2, 0.25) is 0 Å². The minimum Gasteiger partial charge on any atom is -0.493 e. The molecule has 0 saturated heterocycles. The van der Waals surface area contributed by atoms with E-state index in [4.69, 9.17) is 9.47 Å². The van der Waals surface area contributed by atoms with E-state index in [1.807, 2.05) is 25.1 Å². The van der Waals surface area contributed by atoms with E-state index in [2.05, 4.69) is 12.2 Å². The van der Waals surface area contributed by atoms with Crippen LogP contribution < -0.4 is 14.8 Å². The summed E-state index contributed by atoms with van der Waals surface area (Å²) in [6.45, 7) is 3.99. The molecule has 0 fully saturated rings. The third kappa shape index (κ3) is 4.71. The maximum Gasteiger partial charge on any atom is 0.161 e. The van der Waals surface area contributed by atoms with Gasteiger partial charge in [-0.3, -0.25) is 0 Å². The first kappa shape index (κ1) is 19.2. The lowest BCUT2D eigenvalue weighted by Crippen LogP contribution is -2.35. The molecule has 2 aromatic rings. The van der Waals surface area contributed by atoms with E-state index in [0.717, 1.165) is 12.0 Å². The van der Waals surface area contributed by atoms with Crippen LogP contribution in [0.1, 0.15) is 43.5 Å². The second-order valence-electron chi connectivity index (χ2n) is 6.03. The largest absolute Gasteiger partial charge is 0.493 e. The Morgan fingerprint density at radius 2 is 1.60 bits per heavy atom. The Morgan fingerprint density at radius 3 is 2.16 bits per heavy atom. The van der Waals surface area contributed by atoms with Crippen LogP contribution in [0, 0.1) is 5.82 Å². The topological polar surface area (TPSA) is 50.7 Å². The number of aliphatic hydroxyl groups is 1. The molecule has 0 aromatic heterocycles. The number of nitrogens with one attached hydrogen (secondary N) is 1. The summed E-state index contributed by atoms with van der Waals surface area (Å²) >= 11 is 0. The van der Waals surface area contributed by atoms with Crippen molar-refractivity contribution in [2.45, 2.75) is 38.5 Å². The number of benzene rings is 2. The van der Waals surface area contributed by atoms with Crippen LogP contribution in [-0.4, -0.2) is 25.4 Å². The van der Waals surface area contributed by atoms with Crippen molar-refractivity contribution < 1.29 is 19.0 Å². The van der Waals surface area contributed by atoms with Crippen LogP contribution in [0.15, 0.2) is 42.5 Å². The van der Waals surface area contributed by atoms with Gasteiger partial charge in [-0.15, -0.1) is 0 Å². The summed E-state index contributed by atoms with van der Waals surface area (Å²) in [5.74, 6) is 1.04. The van der Waals surface area contributed by atoms with Crippen LogP contribution in [-0.2, 0) is 0 Å². The fourth-order valence-electron chi connectivity index (χ4n) is 2.88. The molecule has 3 atom stereocenters. The van der Waals surface area contributed by atoms with E-state index in [9.17, 15) is 9.50 Å². The van der Waals surface area contributed by atoms with Gasteiger partial charge in [0, 0.05) is 12.1 Å². The van der Waals surface area contributed by atoms with Crippen molar-refractivity contribution in [2.75, 3.05) is 14.2 Å². The summed E-state index contributed by atoms with van der Waals surface area (Å²) in [4.78, 5) is 0. The number of methoxy groups -OCH3 is 2. The van der Waals surface area contributed by atoms with Gasteiger partial charge in [0.15, 0.2) is 11.5 Å². The van der Waals surface area contributed by atoms with E-state index < -0.39 is 6.10 Å². The number of aliphatic hydroxyl groups excluding tert-OH is 1. The number of hydrogen-bond donors (Lipinski definition) is 2. The van der Waals surface area contributed by atoms with Gasteiger partial charge in [-0.2, -0.15) is 0 Å². The molecule has 2 aromatic carbocycles. The van der Waals surface area contributed by atoms with Crippen molar-refractivity contribution in [3.63, 3.8) is 0 Å². The number of halogens is 1. The highest BCUT2D eigenvalue weighted by Crippen LogP contribution is 2.31. The minimum atomic E-state index is -0.727. The average molecular weight is 347 g/mol. The predicted octanol–water partition coefficient (Wildman–Crippen LogP) is 4.01. The van der Waals surface area contributed by atoms with Crippen LogP contribution in [0.4, 0.5) is 4.39 Å². The van der Waals surface area contributed by atoms with Gasteiger partial charge in [-0.25, -0.2) is 4.39 Å². The predicted molar refractivity (Wildman–Crippen MR) is 96.5 cm³/mol. The number of ether oxygens (including phenoxy) is 2. The molecule has 0 bridgehead atoms. The monoisotopic (exact) mass is 347 g/mol. The molecule has 4 nitrogen and oxygen atoms in total. The molecular weight excluding hydrogens is 321 g/mol. The van der Waals surface area contributed by atoms with Gasteiger partial charge in [0.1, 0.15) is 5.82 Å². The van der Waals surface area contributed by atoms with E-state index in [1.54, 1.807) is 26.4 Å². The molecular formula is C20H26FNO3. The molecule has 5 heteroatoms. The fourth-order valence-corrected chi connectivity index (χ4v) is 2.88. The number of hydrogen-bond acceptors (Lipinski definition) is 4. The van der Waals surface area contributed by atoms with E-state index >= 15 is 0 Å². The summed E-state index contributed by atoms with van der Waals surface area (Å²) in [6.07, 6.45) is 0.116. The van der Waals surface area contributed by atoms with Gasteiger partial charge in [0.05, 0.1) is 20.3 Å². The maximum absolute atomic E-state index is 13.1. The molecule has 0 heterocycles. The summed E-state index contributed by atoms with van der Waals surface area (Å²) in [5, 5.41) is 14.0. The van der Waals surface area contributed by atoms with Gasteiger partial charge < -0.3 is 19.9 Å². The average Bonchev–Trinajstić information content (AvgIpc) is 2.65. The smallest absolute Gasteiger partial charge is 0.161 e. The first-order valence-electron chi connectivity index (χ1n) is 8.41. The van der Waals surface area contributed by atoms with E-state index in [-0.39, 0.29) is 17.9 Å². The second-order valence-corrected chi connectivity index (χ2v) is 6.03. The van der Waals surface area contributed by atoms with Crippen molar-refractivity contribution >= 4 is 0 Å². The summed E-state index contributed by atoms with van der Waals surface area (Å²) in [5.41, 5.74) is 1.74. The quantitative estimate of drug-likeness (QED) is 0.758. The molecule has 0 aliphatic heterocycles. The van der Waals surface area contributed by atoms with Crippen LogP contribution >= 0.6 is 0 Å². The van der Waals surface area contributed by atoms with Crippen LogP contribution in [0.25, 0.3) is 0 Å². The van der Waals surface area contributed by atoms with E-state index in [1.165, 1.54) is 12.1 Å². The zero-order chi connectivity index (χ0) is 18.4. The zero-order valence-corrected chi connectivity index (χ0v) is 15.1. The Labute approximate surface area is 148 Å². The van der Waals surface area contributed by atoms with Crippen LogP contribution in [0.5, 0.6) is 11.5 Å². The van der Waals surface area contributed by atoms with Gasteiger partial charge in [-0.1, -0.05) is 25.1 Å². The summed E-state index contributed by atoms with van der Waals surface area (Å²) in [6, 6.07) is 11.6. The minimum absolute atomic E-state index is 0.0462. The molecule has 25 heavy (non-hydrogen) atoms. The molecule has 0 amide bonds. The lowest BCUT2D eigenvalue weighted by atomic mass is 9.99. The van der Waals surface area contributed by atoms with Gasteiger partial charge in [0.25, 0.3) is 0 Å². The fraction of sp³-hybridized carbons (Fsp3) is 0.400. The van der Waals surface area contributed by atoms with Crippen molar-refractivity contribution in [1.82, 2.24) is 5.32 Å². The highest BCUT2D eigenvalue weighted by atomic mass is 19.1. The molecule has 0 spiro atoms. The SMILES string of the molecule is CCC(NC(C)C(O)c1ccc(F)cc1)c1ccc(OC)c(OC)c1. The second kappa shape index (κ2) is 8.83. The third-order valence-electron chi connectivity index (χ3n) is 4.37. The summed E-state index contributed by atoms with van der Waals surface area (Å²) < 4.78 is 23.7. The highest BCUT2D eigenvalue weighted by Gasteiger charge is 2.21. The Balaban J connectivity index is 2.14. The molecule has 0 aliphatic rings.